The summed E-state index contributed by atoms with van der Waals surface area (Å²) < 4.78 is 12.1. The van der Waals surface area contributed by atoms with Gasteiger partial charge >= 0.3 is 6.09 Å². The monoisotopic (exact) mass is 321 g/mol. The van der Waals surface area contributed by atoms with Gasteiger partial charge < -0.3 is 19.1 Å². The predicted molar refractivity (Wildman–Crippen MR) is 81.4 cm³/mol. The number of nitro benzene ring substituents is 1. The standard InChI is InChI=1S/C14H15N3O6/c1-22-6-7-23-13-8-10(15-14(18)19)11(17(20)21)9-12(13)16-4-2-3-5-16/h2-5,8-9,15H,6-7H2,1H3,(H,18,19). The predicted octanol–water partition coefficient (Wildman–Crippen LogP) is 2.50. The highest BCUT2D eigenvalue weighted by Crippen LogP contribution is 2.35. The third-order valence-electron chi connectivity index (χ3n) is 2.94. The Morgan fingerprint density at radius 2 is 2.04 bits per heavy atom. The number of nitro groups is 1. The van der Waals surface area contributed by atoms with Crippen molar-refractivity contribution in [1.82, 2.24) is 4.57 Å². The van der Waals surface area contributed by atoms with Gasteiger partial charge in [0.05, 0.1) is 17.2 Å². The molecule has 2 rings (SSSR count). The van der Waals surface area contributed by atoms with Gasteiger partial charge in [-0.25, -0.2) is 4.79 Å². The molecule has 0 bridgehead atoms. The van der Waals surface area contributed by atoms with Crippen molar-refractivity contribution in [1.29, 1.82) is 0 Å². The summed E-state index contributed by atoms with van der Waals surface area (Å²) in [5, 5.41) is 22.0. The van der Waals surface area contributed by atoms with Crippen molar-refractivity contribution in [3.05, 3.63) is 46.8 Å². The number of carboxylic acid groups (broad SMARTS) is 1. The summed E-state index contributed by atoms with van der Waals surface area (Å²) in [6.45, 7) is 0.541. The van der Waals surface area contributed by atoms with E-state index in [4.69, 9.17) is 14.6 Å². The second-order valence-electron chi connectivity index (χ2n) is 4.46. The first-order valence-corrected chi connectivity index (χ1v) is 6.60. The molecule has 23 heavy (non-hydrogen) atoms. The van der Waals surface area contributed by atoms with Crippen LogP contribution >= 0.6 is 0 Å². The van der Waals surface area contributed by atoms with Crippen LogP contribution in [0.2, 0.25) is 0 Å². The molecule has 1 aromatic carbocycles. The van der Waals surface area contributed by atoms with Gasteiger partial charge in [0.1, 0.15) is 18.0 Å². The third kappa shape index (κ3) is 3.98. The molecule has 0 unspecified atom stereocenters. The highest BCUT2D eigenvalue weighted by molar-refractivity contribution is 5.88. The molecule has 0 fully saturated rings. The number of benzene rings is 1. The van der Waals surface area contributed by atoms with Crippen molar-refractivity contribution in [3.63, 3.8) is 0 Å². The van der Waals surface area contributed by atoms with Gasteiger partial charge in [-0.05, 0) is 12.1 Å². The SMILES string of the molecule is COCCOc1cc(NC(=O)O)c([N+](=O)[O-])cc1-n1cccc1. The lowest BCUT2D eigenvalue weighted by Gasteiger charge is -2.14. The van der Waals surface area contributed by atoms with Gasteiger partial charge in [-0.2, -0.15) is 0 Å². The van der Waals surface area contributed by atoms with E-state index < -0.39 is 11.0 Å². The molecule has 9 nitrogen and oxygen atoms in total. The number of carbonyl (C=O) groups is 1. The van der Waals surface area contributed by atoms with E-state index in [-0.39, 0.29) is 18.0 Å². The van der Waals surface area contributed by atoms with Crippen LogP contribution in [0.25, 0.3) is 5.69 Å². The molecule has 0 aliphatic heterocycles. The maximum Gasteiger partial charge on any atom is 0.409 e. The zero-order valence-electron chi connectivity index (χ0n) is 12.3. The second kappa shape index (κ2) is 7.27. The molecule has 9 heteroatoms. The third-order valence-corrected chi connectivity index (χ3v) is 2.94. The fraction of sp³-hybridized carbons (Fsp3) is 0.214. The van der Waals surface area contributed by atoms with Crippen molar-refractivity contribution in [2.75, 3.05) is 25.6 Å². The zero-order valence-corrected chi connectivity index (χ0v) is 12.3. The van der Waals surface area contributed by atoms with Gasteiger partial charge in [0.25, 0.3) is 5.69 Å². The number of rotatable bonds is 7. The molecule has 0 atom stereocenters. The summed E-state index contributed by atoms with van der Waals surface area (Å²) in [7, 11) is 1.52. The normalized spacial score (nSPS) is 10.3. The number of ether oxygens (including phenoxy) is 2. The van der Waals surface area contributed by atoms with Crippen LogP contribution in [0.1, 0.15) is 0 Å². The van der Waals surface area contributed by atoms with Crippen LogP contribution in [0.3, 0.4) is 0 Å². The van der Waals surface area contributed by atoms with Crippen LogP contribution in [0.15, 0.2) is 36.7 Å². The molecule has 0 aliphatic rings. The van der Waals surface area contributed by atoms with E-state index in [1.54, 1.807) is 29.1 Å². The molecular formula is C14H15N3O6. The average molecular weight is 321 g/mol. The molecule has 2 N–H and O–H groups in total. The van der Waals surface area contributed by atoms with E-state index in [2.05, 4.69) is 0 Å². The Hall–Kier alpha value is -3.07. The lowest BCUT2D eigenvalue weighted by atomic mass is 10.2. The van der Waals surface area contributed by atoms with E-state index >= 15 is 0 Å². The summed E-state index contributed by atoms with van der Waals surface area (Å²) in [4.78, 5) is 21.4. The topological polar surface area (TPSA) is 116 Å². The molecule has 122 valence electrons. The number of amides is 1. The molecule has 0 saturated heterocycles. The summed E-state index contributed by atoms with van der Waals surface area (Å²) in [5.74, 6) is 0.299. The maximum absolute atomic E-state index is 11.2. The molecular weight excluding hydrogens is 306 g/mol. The Balaban J connectivity index is 2.51. The van der Waals surface area contributed by atoms with Crippen molar-refractivity contribution in [3.8, 4) is 11.4 Å². The zero-order chi connectivity index (χ0) is 16.8. The lowest BCUT2D eigenvalue weighted by Crippen LogP contribution is -2.12. The minimum Gasteiger partial charge on any atom is -0.489 e. The average Bonchev–Trinajstić information content (AvgIpc) is 3.00. The van der Waals surface area contributed by atoms with Gasteiger partial charge in [-0.1, -0.05) is 0 Å². The van der Waals surface area contributed by atoms with Gasteiger partial charge in [0.15, 0.2) is 0 Å². The minimum atomic E-state index is -1.40. The largest absolute Gasteiger partial charge is 0.489 e. The lowest BCUT2D eigenvalue weighted by molar-refractivity contribution is -0.383. The van der Waals surface area contributed by atoms with Crippen LogP contribution in [-0.2, 0) is 4.74 Å². The van der Waals surface area contributed by atoms with Gasteiger partial charge in [0, 0.05) is 31.6 Å². The molecule has 1 amide bonds. The molecule has 2 aromatic rings. The van der Waals surface area contributed by atoms with Crippen LogP contribution in [-0.4, -0.2) is 41.0 Å². The number of anilines is 1. The number of hydrogen-bond donors (Lipinski definition) is 2. The first kappa shape index (κ1) is 16.3. The highest BCUT2D eigenvalue weighted by atomic mass is 16.6. The number of aromatic nitrogens is 1. The van der Waals surface area contributed by atoms with Gasteiger partial charge in [0.2, 0.25) is 0 Å². The number of methoxy groups -OCH3 is 1. The van der Waals surface area contributed by atoms with Crippen LogP contribution in [0.4, 0.5) is 16.2 Å². The van der Waals surface area contributed by atoms with Gasteiger partial charge in [-0.15, -0.1) is 0 Å². The fourth-order valence-corrected chi connectivity index (χ4v) is 1.97. The van der Waals surface area contributed by atoms with Gasteiger partial charge in [-0.3, -0.25) is 15.4 Å². The Bertz CT molecular complexity index is 699. The van der Waals surface area contributed by atoms with Crippen LogP contribution in [0.5, 0.6) is 5.75 Å². The molecule has 0 saturated carbocycles. The van der Waals surface area contributed by atoms with E-state index in [9.17, 15) is 14.9 Å². The van der Waals surface area contributed by atoms with E-state index in [0.717, 1.165) is 0 Å². The first-order valence-electron chi connectivity index (χ1n) is 6.60. The maximum atomic E-state index is 11.2. The quantitative estimate of drug-likeness (QED) is 0.460. The number of nitrogens with one attached hydrogen (secondary N) is 1. The highest BCUT2D eigenvalue weighted by Gasteiger charge is 2.21. The smallest absolute Gasteiger partial charge is 0.409 e. The molecule has 1 heterocycles. The summed E-state index contributed by atoms with van der Waals surface area (Å²) in [5.41, 5.74) is -0.102. The summed E-state index contributed by atoms with van der Waals surface area (Å²) in [6, 6.07) is 6.06. The number of hydrogen-bond acceptors (Lipinski definition) is 5. The molecule has 1 aromatic heterocycles. The van der Waals surface area contributed by atoms with Crippen molar-refractivity contribution in [2.24, 2.45) is 0 Å². The fourth-order valence-electron chi connectivity index (χ4n) is 1.97. The van der Waals surface area contributed by atoms with E-state index in [0.29, 0.717) is 18.0 Å². The second-order valence-corrected chi connectivity index (χ2v) is 4.46. The summed E-state index contributed by atoms with van der Waals surface area (Å²) in [6.07, 6.45) is 2.00. The van der Waals surface area contributed by atoms with E-state index in [1.807, 2.05) is 5.32 Å². The summed E-state index contributed by atoms with van der Waals surface area (Å²) >= 11 is 0. The van der Waals surface area contributed by atoms with Crippen LogP contribution < -0.4 is 10.1 Å². The first-order chi connectivity index (χ1) is 11.0. The molecule has 0 spiro atoms. The van der Waals surface area contributed by atoms with Crippen molar-refractivity contribution < 1.29 is 24.3 Å². The minimum absolute atomic E-state index is 0.161. The van der Waals surface area contributed by atoms with Crippen molar-refractivity contribution >= 4 is 17.5 Å². The Kier molecular flexibility index (Phi) is 5.15. The molecule has 0 radical (unpaired) electrons. The van der Waals surface area contributed by atoms with Crippen molar-refractivity contribution in [2.45, 2.75) is 0 Å². The Labute approximate surface area is 131 Å². The van der Waals surface area contributed by atoms with E-state index in [1.165, 1.54) is 19.2 Å². The van der Waals surface area contributed by atoms with Crippen LogP contribution in [0, 0.1) is 10.1 Å². The Morgan fingerprint density at radius 1 is 1.35 bits per heavy atom. The Morgan fingerprint density at radius 3 is 2.61 bits per heavy atom. The number of nitrogens with zero attached hydrogens (tertiary/aromatic N) is 2. The molecule has 0 aliphatic carbocycles.